The highest BCUT2D eigenvalue weighted by molar-refractivity contribution is 9.10. The third-order valence-corrected chi connectivity index (χ3v) is 2.39. The molecule has 1 atom stereocenters. The average Bonchev–Trinajstić information content (AvgIpc) is 2.03. The predicted octanol–water partition coefficient (Wildman–Crippen LogP) is 2.48. The van der Waals surface area contributed by atoms with Crippen LogP contribution in [0.5, 0.6) is 0 Å². The molecular formula is C9H11BrClNO. The van der Waals surface area contributed by atoms with Gasteiger partial charge in [0, 0.05) is 9.50 Å². The lowest BCUT2D eigenvalue weighted by Gasteiger charge is -2.10. The van der Waals surface area contributed by atoms with E-state index in [1.54, 1.807) is 12.1 Å². The van der Waals surface area contributed by atoms with Crippen LogP contribution in [0.25, 0.3) is 0 Å². The molecular weight excluding hydrogens is 253 g/mol. The fourth-order valence-electron chi connectivity index (χ4n) is 1.09. The van der Waals surface area contributed by atoms with Crippen LogP contribution in [0.15, 0.2) is 22.7 Å². The maximum Gasteiger partial charge on any atom is 0.0803 e. The van der Waals surface area contributed by atoms with Crippen molar-refractivity contribution in [1.29, 1.82) is 0 Å². The van der Waals surface area contributed by atoms with Gasteiger partial charge < -0.3 is 10.8 Å². The summed E-state index contributed by atoms with van der Waals surface area (Å²) in [7, 11) is 0. The number of rotatable bonds is 3. The van der Waals surface area contributed by atoms with Gasteiger partial charge in [-0.1, -0.05) is 27.5 Å². The van der Waals surface area contributed by atoms with Crippen molar-refractivity contribution in [1.82, 2.24) is 0 Å². The van der Waals surface area contributed by atoms with Crippen molar-refractivity contribution in [3.63, 3.8) is 0 Å². The number of benzene rings is 1. The van der Waals surface area contributed by atoms with Crippen LogP contribution in [0.3, 0.4) is 0 Å². The van der Waals surface area contributed by atoms with E-state index in [9.17, 15) is 5.11 Å². The van der Waals surface area contributed by atoms with Crippen molar-refractivity contribution in [2.75, 3.05) is 6.54 Å². The fraction of sp³-hybridized carbons (Fsp3) is 0.333. The van der Waals surface area contributed by atoms with Gasteiger partial charge in [0.15, 0.2) is 0 Å². The van der Waals surface area contributed by atoms with Crippen LogP contribution in [0, 0.1) is 0 Å². The van der Waals surface area contributed by atoms with E-state index in [2.05, 4.69) is 15.9 Å². The molecule has 13 heavy (non-hydrogen) atoms. The van der Waals surface area contributed by atoms with Gasteiger partial charge >= 0.3 is 0 Å². The average molecular weight is 265 g/mol. The lowest BCUT2D eigenvalue weighted by molar-refractivity contribution is 0.170. The minimum absolute atomic E-state index is 0.464. The number of hydrogen-bond donors (Lipinski definition) is 2. The topological polar surface area (TPSA) is 46.2 Å². The second-order valence-electron chi connectivity index (χ2n) is 2.80. The summed E-state index contributed by atoms with van der Waals surface area (Å²) < 4.78 is 0.867. The van der Waals surface area contributed by atoms with Gasteiger partial charge in [0.1, 0.15) is 0 Å². The first-order chi connectivity index (χ1) is 6.13. The lowest BCUT2D eigenvalue weighted by Crippen LogP contribution is -2.06. The summed E-state index contributed by atoms with van der Waals surface area (Å²) in [6.07, 6.45) is 0.0206. The first-order valence-corrected chi connectivity index (χ1v) is 5.14. The highest BCUT2D eigenvalue weighted by Gasteiger charge is 2.07. The van der Waals surface area contributed by atoms with E-state index in [0.717, 1.165) is 10.0 Å². The molecule has 1 aromatic carbocycles. The van der Waals surface area contributed by atoms with Crippen LogP contribution in [-0.4, -0.2) is 11.7 Å². The third kappa shape index (κ3) is 3.27. The molecule has 0 unspecified atom stereocenters. The summed E-state index contributed by atoms with van der Waals surface area (Å²) in [5.74, 6) is 0. The summed E-state index contributed by atoms with van der Waals surface area (Å²) in [5, 5.41) is 10.2. The van der Waals surface area contributed by atoms with Crippen LogP contribution >= 0.6 is 27.5 Å². The lowest BCUT2D eigenvalue weighted by atomic mass is 10.1. The molecule has 72 valence electrons. The summed E-state index contributed by atoms with van der Waals surface area (Å²) >= 11 is 9.13. The molecule has 3 N–H and O–H groups in total. The van der Waals surface area contributed by atoms with Gasteiger partial charge in [0.2, 0.25) is 0 Å². The Labute approximate surface area is 90.8 Å². The van der Waals surface area contributed by atoms with Crippen LogP contribution in [-0.2, 0) is 0 Å². The Balaban J connectivity index is 2.87. The van der Waals surface area contributed by atoms with E-state index in [0.29, 0.717) is 18.0 Å². The van der Waals surface area contributed by atoms with Gasteiger partial charge in [0.25, 0.3) is 0 Å². The minimum atomic E-state index is -0.528. The molecule has 0 aliphatic heterocycles. The Morgan fingerprint density at radius 3 is 2.69 bits per heavy atom. The van der Waals surface area contributed by atoms with Crippen molar-refractivity contribution in [2.45, 2.75) is 12.5 Å². The predicted molar refractivity (Wildman–Crippen MR) is 57.8 cm³/mol. The molecule has 0 aromatic heterocycles. The van der Waals surface area contributed by atoms with Gasteiger partial charge in [-0.05, 0) is 36.7 Å². The van der Waals surface area contributed by atoms with Crippen LogP contribution in [0.4, 0.5) is 0 Å². The van der Waals surface area contributed by atoms with Gasteiger partial charge in [0.05, 0.1) is 6.10 Å². The molecule has 1 aromatic rings. The van der Waals surface area contributed by atoms with Crippen molar-refractivity contribution >= 4 is 27.5 Å². The van der Waals surface area contributed by atoms with Gasteiger partial charge in [-0.15, -0.1) is 0 Å². The molecule has 1 rings (SSSR count). The number of nitrogens with two attached hydrogens (primary N) is 1. The van der Waals surface area contributed by atoms with Crippen molar-refractivity contribution in [3.8, 4) is 0 Å². The largest absolute Gasteiger partial charge is 0.388 e. The summed E-state index contributed by atoms with van der Waals surface area (Å²) in [5.41, 5.74) is 6.13. The second-order valence-corrected chi connectivity index (χ2v) is 4.15. The zero-order valence-electron chi connectivity index (χ0n) is 7.00. The first kappa shape index (κ1) is 11.0. The molecule has 0 heterocycles. The van der Waals surface area contributed by atoms with E-state index in [1.165, 1.54) is 0 Å². The van der Waals surface area contributed by atoms with E-state index in [-0.39, 0.29) is 0 Å². The summed E-state index contributed by atoms with van der Waals surface area (Å²) in [6, 6.07) is 5.36. The number of halogens is 2. The van der Waals surface area contributed by atoms with Crippen molar-refractivity contribution < 1.29 is 5.11 Å². The highest BCUT2D eigenvalue weighted by Crippen LogP contribution is 2.24. The van der Waals surface area contributed by atoms with Crippen molar-refractivity contribution in [2.24, 2.45) is 5.73 Å². The van der Waals surface area contributed by atoms with E-state index in [1.807, 2.05) is 6.07 Å². The molecule has 2 nitrogen and oxygen atoms in total. The fourth-order valence-corrected chi connectivity index (χ4v) is 1.98. The molecule has 0 aliphatic rings. The third-order valence-electron chi connectivity index (χ3n) is 1.71. The summed E-state index contributed by atoms with van der Waals surface area (Å²) in [6.45, 7) is 0.464. The molecule has 0 saturated carbocycles. The van der Waals surface area contributed by atoms with Crippen LogP contribution in [0.1, 0.15) is 18.1 Å². The Bertz CT molecular complexity index is 273. The molecule has 0 amide bonds. The van der Waals surface area contributed by atoms with Gasteiger partial charge in [-0.25, -0.2) is 0 Å². The molecule has 0 saturated heterocycles. The monoisotopic (exact) mass is 263 g/mol. The van der Waals surface area contributed by atoms with Crippen LogP contribution < -0.4 is 5.73 Å². The van der Waals surface area contributed by atoms with Crippen LogP contribution in [0.2, 0.25) is 5.02 Å². The van der Waals surface area contributed by atoms with Gasteiger partial charge in [-0.3, -0.25) is 0 Å². The maximum atomic E-state index is 9.61. The zero-order chi connectivity index (χ0) is 9.84. The first-order valence-electron chi connectivity index (χ1n) is 3.97. The molecule has 0 aliphatic carbocycles. The Hall–Kier alpha value is -0.0900. The molecule has 4 heteroatoms. The quantitative estimate of drug-likeness (QED) is 0.881. The Kier molecular flexibility index (Phi) is 4.19. The molecule has 0 spiro atoms. The standard InChI is InChI=1S/C9H11BrClNO/c10-7-3-6(4-8(11)5-7)9(13)1-2-12/h3-5,9,13H,1-2,12H2/t9-/m1/s1. The molecule has 0 fully saturated rings. The minimum Gasteiger partial charge on any atom is -0.388 e. The SMILES string of the molecule is NCC[C@@H](O)c1cc(Cl)cc(Br)c1. The van der Waals surface area contributed by atoms with E-state index < -0.39 is 6.10 Å². The Morgan fingerprint density at radius 1 is 1.46 bits per heavy atom. The zero-order valence-corrected chi connectivity index (χ0v) is 9.35. The number of aliphatic hydroxyl groups is 1. The second kappa shape index (κ2) is 4.96. The highest BCUT2D eigenvalue weighted by atomic mass is 79.9. The Morgan fingerprint density at radius 2 is 2.15 bits per heavy atom. The smallest absolute Gasteiger partial charge is 0.0803 e. The normalized spacial score (nSPS) is 12.9. The maximum absolute atomic E-state index is 9.61. The van der Waals surface area contributed by atoms with E-state index >= 15 is 0 Å². The molecule has 0 bridgehead atoms. The summed E-state index contributed by atoms with van der Waals surface area (Å²) in [4.78, 5) is 0. The molecule has 0 radical (unpaired) electrons. The van der Waals surface area contributed by atoms with Gasteiger partial charge in [-0.2, -0.15) is 0 Å². The van der Waals surface area contributed by atoms with Crippen molar-refractivity contribution in [3.05, 3.63) is 33.3 Å². The number of aliphatic hydroxyl groups excluding tert-OH is 1. The number of hydrogen-bond acceptors (Lipinski definition) is 2. The van der Waals surface area contributed by atoms with E-state index in [4.69, 9.17) is 17.3 Å².